The number of halogens is 2. The van der Waals surface area contributed by atoms with Gasteiger partial charge in [0.1, 0.15) is 5.69 Å². The third kappa shape index (κ3) is 5.01. The van der Waals surface area contributed by atoms with Crippen molar-refractivity contribution in [2.45, 2.75) is 39.5 Å². The highest BCUT2D eigenvalue weighted by atomic mass is 35.5. The molecule has 0 atom stereocenters. The summed E-state index contributed by atoms with van der Waals surface area (Å²) in [4.78, 5) is 12.5. The zero-order valence-corrected chi connectivity index (χ0v) is 18.1. The number of aromatic nitrogens is 2. The standard InChI is InChI=1S/C23H24Cl2N2O2/c1-3-5-6-7-15-8-10-16(11-9-15)20-21(18-13-12-17(24)14-19(18)25)26-27-22(20)23(28)29-4-2/h8-14H,3-7H2,1-2H3,(H,26,27). The van der Waals surface area contributed by atoms with E-state index in [1.807, 2.05) is 12.1 Å². The smallest absolute Gasteiger partial charge is 0.357 e. The number of hydrogen-bond acceptors (Lipinski definition) is 3. The summed E-state index contributed by atoms with van der Waals surface area (Å²) in [6.07, 6.45) is 4.62. The van der Waals surface area contributed by atoms with Crippen LogP contribution in [0, 0.1) is 0 Å². The van der Waals surface area contributed by atoms with E-state index in [4.69, 9.17) is 27.9 Å². The molecule has 1 aromatic heterocycles. The minimum atomic E-state index is -0.446. The summed E-state index contributed by atoms with van der Waals surface area (Å²) in [5.74, 6) is -0.446. The van der Waals surface area contributed by atoms with Crippen LogP contribution in [0.3, 0.4) is 0 Å². The quantitative estimate of drug-likeness (QED) is 0.310. The molecule has 0 saturated heterocycles. The molecule has 4 nitrogen and oxygen atoms in total. The Morgan fingerprint density at radius 3 is 2.48 bits per heavy atom. The molecule has 0 bridgehead atoms. The summed E-state index contributed by atoms with van der Waals surface area (Å²) in [5.41, 5.74) is 4.43. The van der Waals surface area contributed by atoms with Crippen molar-refractivity contribution in [3.63, 3.8) is 0 Å². The number of carbonyl (C=O) groups is 1. The average molecular weight is 431 g/mol. The Kier molecular flexibility index (Phi) is 7.34. The van der Waals surface area contributed by atoms with Crippen molar-refractivity contribution in [3.8, 4) is 22.4 Å². The van der Waals surface area contributed by atoms with Crippen molar-refractivity contribution in [1.29, 1.82) is 0 Å². The Morgan fingerprint density at radius 2 is 1.83 bits per heavy atom. The van der Waals surface area contributed by atoms with Crippen molar-refractivity contribution in [3.05, 3.63) is 63.8 Å². The second-order valence-electron chi connectivity index (χ2n) is 6.82. The summed E-state index contributed by atoms with van der Waals surface area (Å²) >= 11 is 12.5. The van der Waals surface area contributed by atoms with Crippen molar-refractivity contribution >= 4 is 29.2 Å². The molecule has 0 fully saturated rings. The van der Waals surface area contributed by atoms with Crippen LogP contribution in [0.4, 0.5) is 0 Å². The molecule has 3 aromatic rings. The number of H-pyrrole nitrogens is 1. The first-order valence-electron chi connectivity index (χ1n) is 9.85. The van der Waals surface area contributed by atoms with Crippen molar-refractivity contribution < 1.29 is 9.53 Å². The molecule has 29 heavy (non-hydrogen) atoms. The molecular weight excluding hydrogens is 407 g/mol. The lowest BCUT2D eigenvalue weighted by Crippen LogP contribution is -2.06. The van der Waals surface area contributed by atoms with E-state index in [-0.39, 0.29) is 6.61 Å². The number of benzene rings is 2. The molecule has 6 heteroatoms. The van der Waals surface area contributed by atoms with Gasteiger partial charge in [-0.25, -0.2) is 4.79 Å². The first-order valence-corrected chi connectivity index (χ1v) is 10.6. The molecule has 0 aliphatic rings. The van der Waals surface area contributed by atoms with Gasteiger partial charge in [-0.1, -0.05) is 67.2 Å². The number of ether oxygens (including phenoxy) is 1. The van der Waals surface area contributed by atoms with E-state index in [2.05, 4.69) is 29.3 Å². The molecule has 1 heterocycles. The highest BCUT2D eigenvalue weighted by Gasteiger charge is 2.24. The van der Waals surface area contributed by atoms with E-state index in [0.29, 0.717) is 32.6 Å². The lowest BCUT2D eigenvalue weighted by molar-refractivity contribution is 0.0520. The van der Waals surface area contributed by atoms with Crippen LogP contribution in [-0.2, 0) is 11.2 Å². The van der Waals surface area contributed by atoms with Crippen LogP contribution < -0.4 is 0 Å². The maximum atomic E-state index is 12.5. The highest BCUT2D eigenvalue weighted by Crippen LogP contribution is 2.38. The number of carbonyl (C=O) groups excluding carboxylic acids is 1. The fraction of sp³-hybridized carbons (Fsp3) is 0.304. The Bertz CT molecular complexity index is 981. The van der Waals surface area contributed by atoms with Crippen molar-refractivity contribution in [1.82, 2.24) is 10.2 Å². The van der Waals surface area contributed by atoms with Gasteiger partial charge in [-0.15, -0.1) is 0 Å². The van der Waals surface area contributed by atoms with Crippen LogP contribution in [0.5, 0.6) is 0 Å². The van der Waals surface area contributed by atoms with Gasteiger partial charge in [0.15, 0.2) is 5.69 Å². The van der Waals surface area contributed by atoms with E-state index in [9.17, 15) is 4.79 Å². The second kappa shape index (κ2) is 9.95. The number of aromatic amines is 1. The average Bonchev–Trinajstić information content (AvgIpc) is 3.14. The minimum Gasteiger partial charge on any atom is -0.461 e. The van der Waals surface area contributed by atoms with Crippen LogP contribution in [0.1, 0.15) is 49.2 Å². The van der Waals surface area contributed by atoms with Gasteiger partial charge >= 0.3 is 5.97 Å². The third-order valence-corrected chi connectivity index (χ3v) is 5.29. The van der Waals surface area contributed by atoms with Gasteiger partial charge < -0.3 is 4.74 Å². The largest absolute Gasteiger partial charge is 0.461 e. The number of unbranched alkanes of at least 4 members (excludes halogenated alkanes) is 2. The summed E-state index contributed by atoms with van der Waals surface area (Å²) in [5, 5.41) is 8.23. The fourth-order valence-corrected chi connectivity index (χ4v) is 3.77. The molecule has 1 N–H and O–H groups in total. The van der Waals surface area contributed by atoms with Crippen LogP contribution >= 0.6 is 23.2 Å². The molecule has 0 amide bonds. The summed E-state index contributed by atoms with van der Waals surface area (Å²) in [7, 11) is 0. The molecule has 0 unspecified atom stereocenters. The van der Waals surface area contributed by atoms with Crippen molar-refractivity contribution in [2.75, 3.05) is 6.61 Å². The van der Waals surface area contributed by atoms with Gasteiger partial charge in [-0.3, -0.25) is 5.10 Å². The predicted molar refractivity (Wildman–Crippen MR) is 119 cm³/mol. The molecule has 0 aliphatic carbocycles. The van der Waals surface area contributed by atoms with Gasteiger partial charge in [0.2, 0.25) is 0 Å². The summed E-state index contributed by atoms with van der Waals surface area (Å²) < 4.78 is 5.21. The zero-order chi connectivity index (χ0) is 20.8. The monoisotopic (exact) mass is 430 g/mol. The van der Waals surface area contributed by atoms with E-state index in [1.54, 1.807) is 25.1 Å². The maximum absolute atomic E-state index is 12.5. The number of nitrogens with one attached hydrogen (secondary N) is 1. The molecular formula is C23H24Cl2N2O2. The normalized spacial score (nSPS) is 10.9. The van der Waals surface area contributed by atoms with Gasteiger partial charge in [0, 0.05) is 16.1 Å². The van der Waals surface area contributed by atoms with Gasteiger partial charge in [0.05, 0.1) is 11.6 Å². The zero-order valence-electron chi connectivity index (χ0n) is 16.6. The van der Waals surface area contributed by atoms with Crippen molar-refractivity contribution in [2.24, 2.45) is 0 Å². The maximum Gasteiger partial charge on any atom is 0.357 e. The molecule has 0 aliphatic heterocycles. The Hall–Kier alpha value is -2.30. The Morgan fingerprint density at radius 1 is 1.07 bits per heavy atom. The van der Waals surface area contributed by atoms with E-state index in [1.165, 1.54) is 24.8 Å². The SMILES string of the molecule is CCCCCc1ccc(-c2c(-c3ccc(Cl)cc3Cl)n[nH]c2C(=O)OCC)cc1. The molecule has 0 saturated carbocycles. The van der Waals surface area contributed by atoms with Crippen LogP contribution in [0.25, 0.3) is 22.4 Å². The van der Waals surface area contributed by atoms with E-state index in [0.717, 1.165) is 12.0 Å². The lowest BCUT2D eigenvalue weighted by Gasteiger charge is -2.09. The van der Waals surface area contributed by atoms with Gasteiger partial charge in [-0.05, 0) is 49.1 Å². The molecule has 152 valence electrons. The molecule has 2 aromatic carbocycles. The summed E-state index contributed by atoms with van der Waals surface area (Å²) in [6.45, 7) is 4.25. The predicted octanol–water partition coefficient (Wildman–Crippen LogP) is 6.96. The third-order valence-electron chi connectivity index (χ3n) is 4.74. The number of hydrogen-bond donors (Lipinski definition) is 1. The lowest BCUT2D eigenvalue weighted by atomic mass is 9.97. The van der Waals surface area contributed by atoms with E-state index < -0.39 is 5.97 Å². The topological polar surface area (TPSA) is 55.0 Å². The summed E-state index contributed by atoms with van der Waals surface area (Å²) in [6, 6.07) is 13.4. The Balaban J connectivity index is 2.05. The van der Waals surface area contributed by atoms with Gasteiger partial charge in [0.25, 0.3) is 0 Å². The van der Waals surface area contributed by atoms with Gasteiger partial charge in [-0.2, -0.15) is 5.10 Å². The number of esters is 1. The molecule has 0 radical (unpaired) electrons. The van der Waals surface area contributed by atoms with E-state index >= 15 is 0 Å². The molecule has 3 rings (SSSR count). The van der Waals surface area contributed by atoms with Crippen LogP contribution in [0.2, 0.25) is 10.0 Å². The number of aryl methyl sites for hydroxylation is 1. The highest BCUT2D eigenvalue weighted by molar-refractivity contribution is 6.36. The first kappa shape index (κ1) is 21.4. The second-order valence-corrected chi connectivity index (χ2v) is 7.66. The fourth-order valence-electron chi connectivity index (χ4n) is 3.27. The molecule has 0 spiro atoms. The number of rotatable bonds is 8. The number of nitrogens with zero attached hydrogens (tertiary/aromatic N) is 1. The Labute approximate surface area is 181 Å². The first-order chi connectivity index (χ1) is 14.0. The van der Waals surface area contributed by atoms with Crippen LogP contribution in [0.15, 0.2) is 42.5 Å². The minimum absolute atomic E-state index is 0.282. The van der Waals surface area contributed by atoms with Crippen LogP contribution in [-0.4, -0.2) is 22.8 Å².